The maximum absolute atomic E-state index is 13.3. The van der Waals surface area contributed by atoms with Crippen molar-refractivity contribution in [3.63, 3.8) is 0 Å². The van der Waals surface area contributed by atoms with Gasteiger partial charge in [0.05, 0.1) is 18.9 Å². The van der Waals surface area contributed by atoms with Crippen molar-refractivity contribution in [3.8, 4) is 0 Å². The second kappa shape index (κ2) is 9.32. The standard InChI is InChI=1S/C22H19Cl2NO5/c1-3-29-21(27)18(22(28)30-4-2)17-15-10-9-14(24)11-16(15)25-19(17)20(26)12-5-7-13(23)8-6-12/h5-11,18,25H,3-4H2,1-2H3. The highest BCUT2D eigenvalue weighted by Gasteiger charge is 2.37. The van der Waals surface area contributed by atoms with Crippen LogP contribution < -0.4 is 0 Å². The number of carbonyl (C=O) groups is 3. The first-order valence-electron chi connectivity index (χ1n) is 9.32. The van der Waals surface area contributed by atoms with Crippen molar-refractivity contribution in [2.45, 2.75) is 19.8 Å². The fourth-order valence-corrected chi connectivity index (χ4v) is 3.50. The molecule has 0 radical (unpaired) electrons. The lowest BCUT2D eigenvalue weighted by atomic mass is 9.93. The Morgan fingerprint density at radius 3 is 2.03 bits per heavy atom. The molecule has 0 bridgehead atoms. The molecule has 156 valence electrons. The van der Waals surface area contributed by atoms with Crippen LogP contribution >= 0.6 is 23.2 Å². The summed E-state index contributed by atoms with van der Waals surface area (Å²) < 4.78 is 10.2. The van der Waals surface area contributed by atoms with Crippen LogP contribution in [0, 0.1) is 0 Å². The van der Waals surface area contributed by atoms with Crippen molar-refractivity contribution >= 4 is 51.8 Å². The first kappa shape index (κ1) is 21.9. The lowest BCUT2D eigenvalue weighted by molar-refractivity contribution is -0.156. The Morgan fingerprint density at radius 1 is 0.900 bits per heavy atom. The Morgan fingerprint density at radius 2 is 1.47 bits per heavy atom. The number of rotatable bonds is 7. The number of hydrogen-bond donors (Lipinski definition) is 1. The number of hydrogen-bond acceptors (Lipinski definition) is 5. The zero-order chi connectivity index (χ0) is 21.8. The second-order valence-corrected chi connectivity index (χ2v) is 7.25. The normalized spacial score (nSPS) is 11.0. The van der Waals surface area contributed by atoms with E-state index in [2.05, 4.69) is 4.98 Å². The number of aromatic nitrogens is 1. The van der Waals surface area contributed by atoms with E-state index >= 15 is 0 Å². The van der Waals surface area contributed by atoms with Gasteiger partial charge in [-0.3, -0.25) is 14.4 Å². The topological polar surface area (TPSA) is 85.5 Å². The van der Waals surface area contributed by atoms with Gasteiger partial charge in [-0.1, -0.05) is 29.3 Å². The molecule has 6 nitrogen and oxygen atoms in total. The summed E-state index contributed by atoms with van der Waals surface area (Å²) in [5.74, 6) is -3.42. The third-order valence-electron chi connectivity index (χ3n) is 4.47. The first-order valence-corrected chi connectivity index (χ1v) is 10.1. The Balaban J connectivity index is 2.25. The minimum absolute atomic E-state index is 0.0728. The van der Waals surface area contributed by atoms with Crippen molar-refractivity contribution in [2.24, 2.45) is 0 Å². The maximum atomic E-state index is 13.3. The van der Waals surface area contributed by atoms with E-state index in [-0.39, 0.29) is 24.5 Å². The average Bonchev–Trinajstić information content (AvgIpc) is 3.07. The molecule has 0 saturated heterocycles. The SMILES string of the molecule is CCOC(=O)C(C(=O)OCC)c1c(C(=O)c2ccc(Cl)cc2)[nH]c2cc(Cl)ccc12. The van der Waals surface area contributed by atoms with Gasteiger partial charge >= 0.3 is 11.9 Å². The maximum Gasteiger partial charge on any atom is 0.324 e. The quantitative estimate of drug-likeness (QED) is 0.315. The fraction of sp³-hybridized carbons (Fsp3) is 0.227. The predicted molar refractivity (Wildman–Crippen MR) is 114 cm³/mol. The van der Waals surface area contributed by atoms with Crippen LogP contribution in [0.4, 0.5) is 0 Å². The fourth-order valence-electron chi connectivity index (χ4n) is 3.20. The van der Waals surface area contributed by atoms with Crippen LogP contribution in [0.25, 0.3) is 10.9 Å². The molecule has 0 unspecified atom stereocenters. The van der Waals surface area contributed by atoms with Crippen LogP contribution in [0.5, 0.6) is 0 Å². The highest BCUT2D eigenvalue weighted by atomic mass is 35.5. The molecule has 1 N–H and O–H groups in total. The van der Waals surface area contributed by atoms with Gasteiger partial charge in [-0.15, -0.1) is 0 Å². The Hall–Kier alpha value is -2.83. The van der Waals surface area contributed by atoms with E-state index in [9.17, 15) is 14.4 Å². The summed E-state index contributed by atoms with van der Waals surface area (Å²) in [5, 5.41) is 1.42. The number of carbonyl (C=O) groups excluding carboxylic acids is 3. The van der Waals surface area contributed by atoms with Crippen molar-refractivity contribution in [1.29, 1.82) is 0 Å². The number of esters is 2. The molecule has 3 aromatic rings. The van der Waals surface area contributed by atoms with Gasteiger partial charge in [0.15, 0.2) is 5.92 Å². The van der Waals surface area contributed by atoms with Crippen LogP contribution in [0.2, 0.25) is 10.0 Å². The van der Waals surface area contributed by atoms with Gasteiger partial charge < -0.3 is 14.5 Å². The lowest BCUT2D eigenvalue weighted by Crippen LogP contribution is -2.27. The van der Waals surface area contributed by atoms with E-state index in [1.807, 2.05) is 0 Å². The lowest BCUT2D eigenvalue weighted by Gasteiger charge is -2.16. The molecule has 1 heterocycles. The molecule has 0 spiro atoms. The summed E-state index contributed by atoms with van der Waals surface area (Å²) in [7, 11) is 0. The number of aromatic amines is 1. The minimum Gasteiger partial charge on any atom is -0.465 e. The predicted octanol–water partition coefficient (Wildman–Crippen LogP) is 4.92. The molecule has 8 heteroatoms. The third-order valence-corrected chi connectivity index (χ3v) is 4.95. The molecule has 0 fully saturated rings. The highest BCUT2D eigenvalue weighted by molar-refractivity contribution is 6.31. The molecule has 0 aliphatic carbocycles. The first-order chi connectivity index (χ1) is 14.4. The molecular formula is C22H19Cl2NO5. The van der Waals surface area contributed by atoms with E-state index in [0.717, 1.165) is 0 Å². The Bertz CT molecular complexity index is 1090. The summed E-state index contributed by atoms with van der Waals surface area (Å²) in [6.07, 6.45) is 0. The molecule has 2 aromatic carbocycles. The molecule has 1 aromatic heterocycles. The van der Waals surface area contributed by atoms with Crippen LogP contribution in [-0.2, 0) is 19.1 Å². The van der Waals surface area contributed by atoms with E-state index < -0.39 is 23.6 Å². The number of H-pyrrole nitrogens is 1. The number of benzene rings is 2. The number of ether oxygens (including phenoxy) is 2. The zero-order valence-electron chi connectivity index (χ0n) is 16.3. The van der Waals surface area contributed by atoms with Crippen LogP contribution in [0.1, 0.15) is 41.4 Å². The zero-order valence-corrected chi connectivity index (χ0v) is 17.8. The number of ketones is 1. The van der Waals surface area contributed by atoms with E-state index in [4.69, 9.17) is 32.7 Å². The molecule has 30 heavy (non-hydrogen) atoms. The van der Waals surface area contributed by atoms with E-state index in [1.54, 1.807) is 56.3 Å². The van der Waals surface area contributed by atoms with Gasteiger partial charge in [-0.05, 0) is 50.2 Å². The molecular weight excluding hydrogens is 429 g/mol. The number of fused-ring (bicyclic) bond motifs is 1. The van der Waals surface area contributed by atoms with Gasteiger partial charge in [0.2, 0.25) is 5.78 Å². The molecule has 0 amide bonds. The summed E-state index contributed by atoms with van der Waals surface area (Å²) >= 11 is 12.0. The molecule has 0 saturated carbocycles. The molecule has 3 rings (SSSR count). The van der Waals surface area contributed by atoms with E-state index in [0.29, 0.717) is 26.5 Å². The van der Waals surface area contributed by atoms with Gasteiger partial charge in [0, 0.05) is 32.1 Å². The van der Waals surface area contributed by atoms with E-state index in [1.165, 1.54) is 0 Å². The highest BCUT2D eigenvalue weighted by Crippen LogP contribution is 2.34. The minimum atomic E-state index is -1.42. The van der Waals surface area contributed by atoms with Crippen molar-refractivity contribution in [2.75, 3.05) is 13.2 Å². The van der Waals surface area contributed by atoms with Crippen molar-refractivity contribution in [1.82, 2.24) is 4.98 Å². The number of halogens is 2. The molecule has 0 atom stereocenters. The molecule has 0 aliphatic rings. The van der Waals surface area contributed by atoms with Gasteiger partial charge in [0.25, 0.3) is 0 Å². The van der Waals surface area contributed by atoms with Gasteiger partial charge in [-0.2, -0.15) is 0 Å². The smallest absolute Gasteiger partial charge is 0.324 e. The van der Waals surface area contributed by atoms with Crippen LogP contribution in [0.3, 0.4) is 0 Å². The summed E-state index contributed by atoms with van der Waals surface area (Å²) in [5.41, 5.74) is 1.12. The number of nitrogens with one attached hydrogen (secondary N) is 1. The second-order valence-electron chi connectivity index (χ2n) is 6.38. The molecule has 0 aliphatic heterocycles. The summed E-state index contributed by atoms with van der Waals surface area (Å²) in [4.78, 5) is 41.8. The Labute approximate surface area is 183 Å². The van der Waals surface area contributed by atoms with Gasteiger partial charge in [-0.25, -0.2) is 0 Å². The summed E-state index contributed by atoms with van der Waals surface area (Å²) in [6, 6.07) is 11.2. The monoisotopic (exact) mass is 447 g/mol. The van der Waals surface area contributed by atoms with Crippen molar-refractivity contribution < 1.29 is 23.9 Å². The van der Waals surface area contributed by atoms with Crippen LogP contribution in [0.15, 0.2) is 42.5 Å². The third kappa shape index (κ3) is 4.35. The average molecular weight is 448 g/mol. The Kier molecular flexibility index (Phi) is 6.80. The van der Waals surface area contributed by atoms with Crippen LogP contribution in [-0.4, -0.2) is 35.9 Å². The van der Waals surface area contributed by atoms with Gasteiger partial charge in [0.1, 0.15) is 0 Å². The van der Waals surface area contributed by atoms with Crippen molar-refractivity contribution in [3.05, 3.63) is 69.3 Å². The summed E-state index contributed by atoms with van der Waals surface area (Å²) in [6.45, 7) is 3.41. The largest absolute Gasteiger partial charge is 0.465 e.